The van der Waals surface area contributed by atoms with Gasteiger partial charge >= 0.3 is 0 Å². The first kappa shape index (κ1) is 12.9. The van der Waals surface area contributed by atoms with Gasteiger partial charge in [-0.25, -0.2) is 0 Å². The molecule has 0 aliphatic carbocycles. The average Bonchev–Trinajstić information content (AvgIpc) is 2.37. The Morgan fingerprint density at radius 1 is 1.56 bits per heavy atom. The molecular formula is C13H20N4O. The average molecular weight is 248 g/mol. The van der Waals surface area contributed by atoms with E-state index in [4.69, 9.17) is 5.73 Å². The highest BCUT2D eigenvalue weighted by molar-refractivity contribution is 5.98. The molecule has 2 rings (SSSR count). The van der Waals surface area contributed by atoms with Crippen molar-refractivity contribution in [2.45, 2.75) is 12.5 Å². The fraction of sp³-hybridized carbons (Fsp3) is 0.462. The molecular weight excluding hydrogens is 228 g/mol. The lowest BCUT2D eigenvalue weighted by atomic mass is 9.97. The van der Waals surface area contributed by atoms with Gasteiger partial charge in [-0.2, -0.15) is 0 Å². The lowest BCUT2D eigenvalue weighted by Gasteiger charge is -2.31. The van der Waals surface area contributed by atoms with E-state index in [2.05, 4.69) is 16.7 Å². The van der Waals surface area contributed by atoms with Crippen molar-refractivity contribution < 1.29 is 4.79 Å². The number of nitrogens with two attached hydrogens (primary N) is 1. The van der Waals surface area contributed by atoms with Crippen molar-refractivity contribution in [3.63, 3.8) is 0 Å². The van der Waals surface area contributed by atoms with E-state index in [9.17, 15) is 4.79 Å². The number of rotatable bonds is 4. The van der Waals surface area contributed by atoms with Crippen LogP contribution in [0.1, 0.15) is 5.56 Å². The van der Waals surface area contributed by atoms with Gasteiger partial charge in [0.05, 0.1) is 6.04 Å². The van der Waals surface area contributed by atoms with Gasteiger partial charge in [0.15, 0.2) is 0 Å². The highest BCUT2D eigenvalue weighted by Gasteiger charge is 2.28. The van der Waals surface area contributed by atoms with Gasteiger partial charge in [-0.1, -0.05) is 6.07 Å². The van der Waals surface area contributed by atoms with Gasteiger partial charge in [-0.05, 0) is 31.2 Å². The topological polar surface area (TPSA) is 70.4 Å². The van der Waals surface area contributed by atoms with Gasteiger partial charge in [-0.3, -0.25) is 9.69 Å². The third kappa shape index (κ3) is 2.47. The van der Waals surface area contributed by atoms with Gasteiger partial charge in [0.1, 0.15) is 0 Å². The molecule has 0 fully saturated rings. The summed E-state index contributed by atoms with van der Waals surface area (Å²) in [5, 5.41) is 6.03. The highest BCUT2D eigenvalue weighted by Crippen LogP contribution is 2.27. The zero-order valence-electron chi connectivity index (χ0n) is 10.9. The van der Waals surface area contributed by atoms with E-state index >= 15 is 0 Å². The molecule has 1 heterocycles. The molecule has 0 aromatic heterocycles. The normalized spacial score (nSPS) is 18.4. The smallest absolute Gasteiger partial charge is 0.242 e. The molecule has 0 radical (unpaired) electrons. The van der Waals surface area contributed by atoms with Crippen molar-refractivity contribution in [2.24, 2.45) is 5.73 Å². The number of fused-ring (bicyclic) bond motifs is 1. The SMILES string of the molecule is CNc1ccc2c(c1)NC(=O)C(N(C)CCN)C2. The molecule has 0 bridgehead atoms. The summed E-state index contributed by atoms with van der Waals surface area (Å²) >= 11 is 0. The molecule has 1 amide bonds. The van der Waals surface area contributed by atoms with Gasteiger partial charge in [-0.15, -0.1) is 0 Å². The molecule has 98 valence electrons. The van der Waals surface area contributed by atoms with E-state index in [1.165, 1.54) is 5.56 Å². The van der Waals surface area contributed by atoms with Crippen LogP contribution in [0.2, 0.25) is 0 Å². The third-order valence-electron chi connectivity index (χ3n) is 3.39. The van der Waals surface area contributed by atoms with Gasteiger partial charge < -0.3 is 16.4 Å². The summed E-state index contributed by atoms with van der Waals surface area (Å²) in [4.78, 5) is 14.1. The molecule has 1 atom stereocenters. The lowest BCUT2D eigenvalue weighted by Crippen LogP contribution is -2.47. The van der Waals surface area contributed by atoms with E-state index in [0.29, 0.717) is 6.54 Å². The molecule has 1 aromatic rings. The molecule has 1 aliphatic heterocycles. The first-order valence-corrected chi connectivity index (χ1v) is 6.17. The maximum Gasteiger partial charge on any atom is 0.242 e. The maximum atomic E-state index is 12.1. The van der Waals surface area contributed by atoms with Crippen LogP contribution in [0, 0.1) is 0 Å². The van der Waals surface area contributed by atoms with E-state index < -0.39 is 0 Å². The minimum atomic E-state index is -0.124. The Bertz CT molecular complexity index is 447. The zero-order chi connectivity index (χ0) is 13.1. The van der Waals surface area contributed by atoms with Gasteiger partial charge in [0.2, 0.25) is 5.91 Å². The number of likely N-dealkylation sites (N-methyl/N-ethyl adjacent to an activating group) is 1. The van der Waals surface area contributed by atoms with Crippen molar-refractivity contribution >= 4 is 17.3 Å². The standard InChI is InChI=1S/C13H20N4O/c1-15-10-4-3-9-7-12(17(2)6-5-14)13(18)16-11(9)8-10/h3-4,8,12,15H,5-7,14H2,1-2H3,(H,16,18). The summed E-state index contributed by atoms with van der Waals surface area (Å²) in [6.07, 6.45) is 0.738. The lowest BCUT2D eigenvalue weighted by molar-refractivity contribution is -0.121. The Labute approximate surface area is 107 Å². The van der Waals surface area contributed by atoms with Crippen molar-refractivity contribution in [1.82, 2.24) is 4.90 Å². The second-order valence-corrected chi connectivity index (χ2v) is 4.60. The number of nitrogens with zero attached hydrogens (tertiary/aromatic N) is 1. The van der Waals surface area contributed by atoms with Crippen LogP contribution in [-0.2, 0) is 11.2 Å². The van der Waals surface area contributed by atoms with Crippen molar-refractivity contribution in [3.05, 3.63) is 23.8 Å². The summed E-state index contributed by atoms with van der Waals surface area (Å²) in [5.41, 5.74) is 8.61. The van der Waals surface area contributed by atoms with E-state index in [-0.39, 0.29) is 11.9 Å². The van der Waals surface area contributed by atoms with Crippen LogP contribution in [0.15, 0.2) is 18.2 Å². The van der Waals surface area contributed by atoms with Gasteiger partial charge in [0.25, 0.3) is 0 Å². The van der Waals surface area contributed by atoms with Crippen LogP contribution in [0.3, 0.4) is 0 Å². The summed E-state index contributed by atoms with van der Waals surface area (Å²) in [6.45, 7) is 1.29. The number of carbonyl (C=O) groups is 1. The molecule has 5 heteroatoms. The van der Waals surface area contributed by atoms with Crippen LogP contribution in [-0.4, -0.2) is 44.0 Å². The Hall–Kier alpha value is -1.59. The molecule has 0 saturated carbocycles. The fourth-order valence-electron chi connectivity index (χ4n) is 2.26. The van der Waals surface area contributed by atoms with Crippen molar-refractivity contribution in [2.75, 3.05) is 37.8 Å². The largest absolute Gasteiger partial charge is 0.388 e. The number of hydrogen-bond acceptors (Lipinski definition) is 4. The summed E-state index contributed by atoms with van der Waals surface area (Å²) in [5.74, 6) is 0.0479. The second-order valence-electron chi connectivity index (χ2n) is 4.60. The minimum Gasteiger partial charge on any atom is -0.388 e. The molecule has 1 aliphatic rings. The molecule has 1 unspecified atom stereocenters. The van der Waals surface area contributed by atoms with Gasteiger partial charge in [0, 0.05) is 31.5 Å². The van der Waals surface area contributed by atoms with Crippen LogP contribution < -0.4 is 16.4 Å². The van der Waals surface area contributed by atoms with Crippen LogP contribution >= 0.6 is 0 Å². The third-order valence-corrected chi connectivity index (χ3v) is 3.39. The zero-order valence-corrected chi connectivity index (χ0v) is 10.9. The Morgan fingerprint density at radius 3 is 3.00 bits per heavy atom. The van der Waals surface area contributed by atoms with E-state index in [0.717, 1.165) is 24.3 Å². The Morgan fingerprint density at radius 2 is 2.33 bits per heavy atom. The quantitative estimate of drug-likeness (QED) is 0.725. The van der Waals surface area contributed by atoms with Crippen LogP contribution in [0.5, 0.6) is 0 Å². The fourth-order valence-corrected chi connectivity index (χ4v) is 2.26. The number of nitrogens with one attached hydrogen (secondary N) is 2. The van der Waals surface area contributed by atoms with Crippen molar-refractivity contribution in [3.8, 4) is 0 Å². The minimum absolute atomic E-state index is 0.0479. The Balaban J connectivity index is 2.20. The molecule has 0 spiro atoms. The molecule has 18 heavy (non-hydrogen) atoms. The first-order valence-electron chi connectivity index (χ1n) is 6.17. The van der Waals surface area contributed by atoms with E-state index in [1.807, 2.05) is 31.1 Å². The van der Waals surface area contributed by atoms with Crippen LogP contribution in [0.25, 0.3) is 0 Å². The maximum absolute atomic E-state index is 12.1. The summed E-state index contributed by atoms with van der Waals surface area (Å²) in [7, 11) is 3.80. The van der Waals surface area contributed by atoms with Crippen LogP contribution in [0.4, 0.5) is 11.4 Å². The monoisotopic (exact) mass is 248 g/mol. The number of benzene rings is 1. The number of carbonyl (C=O) groups excluding carboxylic acids is 1. The van der Waals surface area contributed by atoms with Crippen molar-refractivity contribution in [1.29, 1.82) is 0 Å². The number of hydrogen-bond donors (Lipinski definition) is 3. The molecule has 1 aromatic carbocycles. The highest BCUT2D eigenvalue weighted by atomic mass is 16.2. The number of anilines is 2. The Kier molecular flexibility index (Phi) is 3.84. The number of amides is 1. The molecule has 0 saturated heterocycles. The van der Waals surface area contributed by atoms with E-state index in [1.54, 1.807) is 0 Å². The predicted molar refractivity (Wildman–Crippen MR) is 73.8 cm³/mol. The second kappa shape index (κ2) is 5.37. The molecule has 4 N–H and O–H groups in total. The molecule has 5 nitrogen and oxygen atoms in total. The first-order chi connectivity index (χ1) is 8.65. The predicted octanol–water partition coefficient (Wildman–Crippen LogP) is 0.482. The summed E-state index contributed by atoms with van der Waals surface area (Å²) in [6, 6.07) is 5.92. The summed E-state index contributed by atoms with van der Waals surface area (Å²) < 4.78 is 0.